The van der Waals surface area contributed by atoms with Crippen molar-refractivity contribution in [2.24, 2.45) is 0 Å². The van der Waals surface area contributed by atoms with E-state index in [-0.39, 0.29) is 5.83 Å². The highest BCUT2D eigenvalue weighted by Crippen LogP contribution is 1.99. The Morgan fingerprint density at radius 3 is 2.67 bits per heavy atom. The van der Waals surface area contributed by atoms with Crippen molar-refractivity contribution in [2.45, 2.75) is 0 Å². The van der Waals surface area contributed by atoms with Gasteiger partial charge in [0.1, 0.15) is 0 Å². The molecule has 0 heterocycles. The van der Waals surface area contributed by atoms with Crippen molar-refractivity contribution in [1.29, 1.82) is 0 Å². The summed E-state index contributed by atoms with van der Waals surface area (Å²) >= 11 is 0. The van der Waals surface area contributed by atoms with Crippen LogP contribution in [0.4, 0.5) is 4.39 Å². The highest BCUT2D eigenvalue weighted by Gasteiger charge is 1.83. The van der Waals surface area contributed by atoms with Gasteiger partial charge in [-0.3, -0.25) is 0 Å². The second-order valence-electron chi connectivity index (χ2n) is 1.02. The molecule has 0 bridgehead atoms. The van der Waals surface area contributed by atoms with Crippen LogP contribution < -0.4 is 0 Å². The number of hydrogen-bond acceptors (Lipinski definition) is 0. The van der Waals surface area contributed by atoms with Crippen LogP contribution in [0.3, 0.4) is 0 Å². The Labute approximate surface area is 35.3 Å². The Morgan fingerprint density at radius 1 is 1.67 bits per heavy atom. The Balaban J connectivity index is 2.98. The SMILES string of the molecule is FC1=C=CC=C1. The molecule has 1 aliphatic rings. The summed E-state index contributed by atoms with van der Waals surface area (Å²) in [6, 6.07) is 0. The van der Waals surface area contributed by atoms with Crippen molar-refractivity contribution >= 4 is 0 Å². The molecule has 0 aromatic heterocycles. The summed E-state index contributed by atoms with van der Waals surface area (Å²) in [5.74, 6) is -0.282. The Bertz CT molecular complexity index is 136. The van der Waals surface area contributed by atoms with E-state index in [1.807, 2.05) is 0 Å². The van der Waals surface area contributed by atoms with Gasteiger partial charge in [-0.15, -0.1) is 0 Å². The number of halogens is 1. The number of hydrogen-bond donors (Lipinski definition) is 0. The number of rotatable bonds is 0. The summed E-state index contributed by atoms with van der Waals surface area (Å²) in [4.78, 5) is 0. The molecule has 30 valence electrons. The van der Waals surface area contributed by atoms with Crippen molar-refractivity contribution in [1.82, 2.24) is 0 Å². The first kappa shape index (κ1) is 3.38. The van der Waals surface area contributed by atoms with Crippen LogP contribution in [-0.4, -0.2) is 0 Å². The molecule has 0 N–H and O–H groups in total. The van der Waals surface area contributed by atoms with Gasteiger partial charge in [-0.1, -0.05) is 11.8 Å². The lowest BCUT2D eigenvalue weighted by Gasteiger charge is -1.63. The van der Waals surface area contributed by atoms with E-state index in [9.17, 15) is 4.39 Å². The Hall–Kier alpha value is -0.810. The van der Waals surface area contributed by atoms with Crippen molar-refractivity contribution in [2.75, 3.05) is 0 Å². The van der Waals surface area contributed by atoms with Crippen LogP contribution in [0.1, 0.15) is 0 Å². The molecule has 6 heavy (non-hydrogen) atoms. The van der Waals surface area contributed by atoms with Crippen LogP contribution in [0.5, 0.6) is 0 Å². The first-order chi connectivity index (χ1) is 2.89. The fourth-order valence-corrected chi connectivity index (χ4v) is 0.308. The van der Waals surface area contributed by atoms with E-state index >= 15 is 0 Å². The Kier molecular flexibility index (Phi) is 0.627. The van der Waals surface area contributed by atoms with Crippen LogP contribution in [0.25, 0.3) is 0 Å². The van der Waals surface area contributed by atoms with Crippen LogP contribution in [0.15, 0.2) is 29.8 Å². The molecule has 1 heteroatoms. The van der Waals surface area contributed by atoms with E-state index < -0.39 is 0 Å². The lowest BCUT2D eigenvalue weighted by molar-refractivity contribution is 0.671. The van der Waals surface area contributed by atoms with Gasteiger partial charge in [0, 0.05) is 0 Å². The summed E-state index contributed by atoms with van der Waals surface area (Å²) in [7, 11) is 0. The average molecular weight is 82.1 g/mol. The summed E-state index contributed by atoms with van der Waals surface area (Å²) < 4.78 is 11.6. The molecule has 0 aromatic rings. The third kappa shape index (κ3) is 0.399. The minimum absolute atomic E-state index is 0.282. The lowest BCUT2D eigenvalue weighted by atomic mass is 10.6. The quantitative estimate of drug-likeness (QED) is 0.389. The molecule has 0 aromatic carbocycles. The summed E-state index contributed by atoms with van der Waals surface area (Å²) in [5, 5.41) is 0. The van der Waals surface area contributed by atoms with Gasteiger partial charge < -0.3 is 0 Å². The minimum atomic E-state index is -0.282. The normalized spacial score (nSPS) is 15.8. The van der Waals surface area contributed by atoms with Crippen molar-refractivity contribution in [3.05, 3.63) is 29.8 Å². The van der Waals surface area contributed by atoms with Gasteiger partial charge in [0.25, 0.3) is 0 Å². The first-order valence-corrected chi connectivity index (χ1v) is 1.68. The minimum Gasteiger partial charge on any atom is -0.198 e. The lowest BCUT2D eigenvalue weighted by Crippen LogP contribution is -1.46. The zero-order valence-electron chi connectivity index (χ0n) is 3.11. The summed E-state index contributed by atoms with van der Waals surface area (Å²) in [5.41, 5.74) is 2.33. The smallest absolute Gasteiger partial charge is 0.165 e. The van der Waals surface area contributed by atoms with E-state index in [1.54, 1.807) is 6.08 Å². The van der Waals surface area contributed by atoms with Gasteiger partial charge >= 0.3 is 0 Å². The van der Waals surface area contributed by atoms with Gasteiger partial charge in [-0.25, -0.2) is 0 Å². The Morgan fingerprint density at radius 2 is 2.50 bits per heavy atom. The molecule has 0 amide bonds. The zero-order valence-corrected chi connectivity index (χ0v) is 3.11. The van der Waals surface area contributed by atoms with Gasteiger partial charge in [0.2, 0.25) is 0 Å². The van der Waals surface area contributed by atoms with E-state index in [2.05, 4.69) is 5.73 Å². The van der Waals surface area contributed by atoms with Gasteiger partial charge in [0.15, 0.2) is 5.83 Å². The second-order valence-corrected chi connectivity index (χ2v) is 1.02. The predicted octanol–water partition coefficient (Wildman–Crippen LogP) is 1.56. The predicted molar refractivity (Wildman–Crippen MR) is 21.8 cm³/mol. The van der Waals surface area contributed by atoms with Crippen LogP contribution >= 0.6 is 0 Å². The molecular formula is C5H3F. The van der Waals surface area contributed by atoms with E-state index in [0.717, 1.165) is 0 Å². The van der Waals surface area contributed by atoms with Gasteiger partial charge in [-0.05, 0) is 12.2 Å². The fourth-order valence-electron chi connectivity index (χ4n) is 0.308. The molecule has 0 aliphatic heterocycles. The fraction of sp³-hybridized carbons (Fsp3) is 0. The topological polar surface area (TPSA) is 0 Å². The third-order valence-corrected chi connectivity index (χ3v) is 0.560. The summed E-state index contributed by atoms with van der Waals surface area (Å²) in [6.45, 7) is 0. The van der Waals surface area contributed by atoms with Crippen LogP contribution in [0, 0.1) is 0 Å². The highest BCUT2D eigenvalue weighted by atomic mass is 19.1. The van der Waals surface area contributed by atoms with Gasteiger partial charge in [0.05, 0.1) is 0 Å². The molecule has 0 nitrogen and oxygen atoms in total. The molecule has 0 saturated heterocycles. The molecule has 0 saturated carbocycles. The van der Waals surface area contributed by atoms with Gasteiger partial charge in [-0.2, -0.15) is 4.39 Å². The van der Waals surface area contributed by atoms with Crippen LogP contribution in [0.2, 0.25) is 0 Å². The molecule has 0 unspecified atom stereocenters. The second kappa shape index (κ2) is 1.11. The highest BCUT2D eigenvalue weighted by molar-refractivity contribution is 5.23. The van der Waals surface area contributed by atoms with Crippen molar-refractivity contribution < 1.29 is 4.39 Å². The molecule has 1 aliphatic carbocycles. The third-order valence-electron chi connectivity index (χ3n) is 0.560. The maximum Gasteiger partial charge on any atom is 0.165 e. The molecule has 0 atom stereocenters. The van der Waals surface area contributed by atoms with Crippen molar-refractivity contribution in [3.63, 3.8) is 0 Å². The van der Waals surface area contributed by atoms with E-state index in [4.69, 9.17) is 0 Å². The van der Waals surface area contributed by atoms with E-state index in [1.165, 1.54) is 12.2 Å². The molecular weight excluding hydrogens is 79.1 g/mol. The largest absolute Gasteiger partial charge is 0.198 e. The average Bonchev–Trinajstić information content (AvgIpc) is 1.86. The maximum atomic E-state index is 11.6. The first-order valence-electron chi connectivity index (χ1n) is 1.68. The number of allylic oxidation sites excluding steroid dienone is 3. The summed E-state index contributed by atoms with van der Waals surface area (Å²) in [6.07, 6.45) is 4.50. The maximum absolute atomic E-state index is 11.6. The molecule has 0 spiro atoms. The zero-order chi connectivity index (χ0) is 4.41. The van der Waals surface area contributed by atoms with E-state index in [0.29, 0.717) is 0 Å². The molecule has 0 fully saturated rings. The molecule has 0 radical (unpaired) electrons. The molecule has 1 rings (SSSR count). The standard InChI is InChI=1S/C5H3F/c6-5-3-1-2-4-5/h1-3H. The van der Waals surface area contributed by atoms with Crippen LogP contribution in [-0.2, 0) is 0 Å². The monoisotopic (exact) mass is 82.0 g/mol. The van der Waals surface area contributed by atoms with Crippen molar-refractivity contribution in [3.8, 4) is 0 Å².